The molecule has 1 N–H and O–H groups in total. The first-order valence-corrected chi connectivity index (χ1v) is 7.89. The van der Waals surface area contributed by atoms with E-state index in [1.54, 1.807) is 18.2 Å². The molecule has 3 aromatic rings. The zero-order valence-electron chi connectivity index (χ0n) is 12.7. The van der Waals surface area contributed by atoms with Gasteiger partial charge in [-0.1, -0.05) is 12.1 Å². The zero-order valence-corrected chi connectivity index (χ0v) is 12.7. The van der Waals surface area contributed by atoms with Gasteiger partial charge in [0.25, 0.3) is 0 Å². The summed E-state index contributed by atoms with van der Waals surface area (Å²) in [5.74, 6) is -0.335. The highest BCUT2D eigenvalue weighted by Gasteiger charge is 2.14. The third-order valence-electron chi connectivity index (χ3n) is 4.45. The van der Waals surface area contributed by atoms with E-state index < -0.39 is 0 Å². The van der Waals surface area contributed by atoms with Crippen molar-refractivity contribution < 1.29 is 4.39 Å². The molecule has 0 aliphatic carbocycles. The molecule has 2 heterocycles. The van der Waals surface area contributed by atoms with Crippen LogP contribution in [0, 0.1) is 5.82 Å². The van der Waals surface area contributed by atoms with Crippen molar-refractivity contribution >= 4 is 16.6 Å². The molecule has 0 atom stereocenters. The lowest BCUT2D eigenvalue weighted by Crippen LogP contribution is -2.17. The van der Waals surface area contributed by atoms with Crippen LogP contribution in [-0.4, -0.2) is 18.1 Å². The molecule has 4 heteroatoms. The van der Waals surface area contributed by atoms with Gasteiger partial charge in [0.2, 0.25) is 0 Å². The van der Waals surface area contributed by atoms with E-state index in [0.717, 1.165) is 24.3 Å². The zero-order chi connectivity index (χ0) is 15.8. The van der Waals surface area contributed by atoms with Crippen molar-refractivity contribution in [2.75, 3.05) is 18.0 Å². The second-order valence-electron chi connectivity index (χ2n) is 5.95. The maximum absolute atomic E-state index is 14.0. The van der Waals surface area contributed by atoms with Gasteiger partial charge in [-0.3, -0.25) is 4.79 Å². The first-order valence-electron chi connectivity index (χ1n) is 7.89. The quantitative estimate of drug-likeness (QED) is 0.778. The second-order valence-corrected chi connectivity index (χ2v) is 5.95. The minimum Gasteiger partial charge on any atom is -0.371 e. The molecule has 0 radical (unpaired) electrons. The lowest BCUT2D eigenvalue weighted by molar-refractivity contribution is 0.631. The van der Waals surface area contributed by atoms with E-state index in [4.69, 9.17) is 0 Å². The summed E-state index contributed by atoms with van der Waals surface area (Å²) in [6, 6.07) is 13.8. The highest BCUT2D eigenvalue weighted by atomic mass is 19.1. The van der Waals surface area contributed by atoms with Crippen molar-refractivity contribution in [2.24, 2.45) is 0 Å². The molecule has 0 saturated carbocycles. The number of rotatable bonds is 2. The van der Waals surface area contributed by atoms with Gasteiger partial charge in [0.05, 0.1) is 11.2 Å². The number of benzene rings is 2. The van der Waals surface area contributed by atoms with Crippen molar-refractivity contribution in [1.29, 1.82) is 0 Å². The lowest BCUT2D eigenvalue weighted by atomic mass is 10.1. The number of hydrogen-bond acceptors (Lipinski definition) is 2. The van der Waals surface area contributed by atoms with Crippen LogP contribution in [0.15, 0.2) is 53.3 Å². The Hall–Kier alpha value is -2.62. The van der Waals surface area contributed by atoms with Gasteiger partial charge in [-0.05, 0) is 43.2 Å². The molecule has 4 rings (SSSR count). The van der Waals surface area contributed by atoms with Crippen molar-refractivity contribution in [2.45, 2.75) is 12.8 Å². The van der Waals surface area contributed by atoms with Crippen LogP contribution >= 0.6 is 0 Å². The van der Waals surface area contributed by atoms with Crippen LogP contribution in [-0.2, 0) is 0 Å². The molecule has 1 aromatic heterocycles. The molecule has 0 amide bonds. The van der Waals surface area contributed by atoms with Crippen LogP contribution in [0.25, 0.3) is 22.2 Å². The van der Waals surface area contributed by atoms with E-state index in [0.29, 0.717) is 16.6 Å². The molecule has 3 nitrogen and oxygen atoms in total. The number of hydrogen-bond donors (Lipinski definition) is 1. The molecule has 1 saturated heterocycles. The Morgan fingerprint density at radius 2 is 1.78 bits per heavy atom. The summed E-state index contributed by atoms with van der Waals surface area (Å²) in [5, 5.41) is 0.632. The Morgan fingerprint density at radius 3 is 2.57 bits per heavy atom. The van der Waals surface area contributed by atoms with Gasteiger partial charge >= 0.3 is 0 Å². The summed E-state index contributed by atoms with van der Waals surface area (Å²) in [5.41, 5.74) is 2.69. The number of fused-ring (bicyclic) bond motifs is 1. The number of anilines is 1. The molecule has 116 valence electrons. The predicted molar refractivity (Wildman–Crippen MR) is 91.4 cm³/mol. The van der Waals surface area contributed by atoms with Crippen molar-refractivity contribution in [3.8, 4) is 11.3 Å². The third-order valence-corrected chi connectivity index (χ3v) is 4.45. The summed E-state index contributed by atoms with van der Waals surface area (Å²) in [6.07, 6.45) is 2.40. The first kappa shape index (κ1) is 14.0. The standard InChI is InChI=1S/C19H17FN2O/c20-16-6-2-1-5-14(16)18-12-19(23)15-8-7-13(11-17(15)21-18)22-9-3-4-10-22/h1-2,5-8,11-12H,3-4,9-10H2,(H,21,23). The van der Waals surface area contributed by atoms with E-state index in [2.05, 4.69) is 9.88 Å². The number of nitrogens with one attached hydrogen (secondary N) is 1. The van der Waals surface area contributed by atoms with Gasteiger partial charge in [0, 0.05) is 35.8 Å². The smallest absolute Gasteiger partial charge is 0.190 e. The Bertz CT molecular complexity index is 926. The van der Waals surface area contributed by atoms with E-state index in [1.165, 1.54) is 25.0 Å². The van der Waals surface area contributed by atoms with Crippen LogP contribution in [0.2, 0.25) is 0 Å². The fourth-order valence-electron chi connectivity index (χ4n) is 3.24. The summed E-state index contributed by atoms with van der Waals surface area (Å²) >= 11 is 0. The number of halogens is 1. The molecule has 1 aliphatic rings. The highest BCUT2D eigenvalue weighted by molar-refractivity contribution is 5.84. The summed E-state index contributed by atoms with van der Waals surface area (Å²) in [6.45, 7) is 2.09. The van der Waals surface area contributed by atoms with E-state index in [1.807, 2.05) is 18.2 Å². The van der Waals surface area contributed by atoms with Gasteiger partial charge in [0.15, 0.2) is 5.43 Å². The normalized spacial score (nSPS) is 14.6. The number of nitrogens with zero attached hydrogens (tertiary/aromatic N) is 1. The number of pyridine rings is 1. The summed E-state index contributed by atoms with van der Waals surface area (Å²) < 4.78 is 14.0. The first-order chi connectivity index (χ1) is 11.2. The summed E-state index contributed by atoms with van der Waals surface area (Å²) in [4.78, 5) is 17.9. The molecule has 0 bridgehead atoms. The molecule has 23 heavy (non-hydrogen) atoms. The van der Waals surface area contributed by atoms with Crippen LogP contribution in [0.3, 0.4) is 0 Å². The fraction of sp³-hybridized carbons (Fsp3) is 0.211. The van der Waals surface area contributed by atoms with Crippen LogP contribution in [0.4, 0.5) is 10.1 Å². The third kappa shape index (κ3) is 2.50. The van der Waals surface area contributed by atoms with Crippen molar-refractivity contribution in [3.63, 3.8) is 0 Å². The Labute approximate surface area is 133 Å². The average Bonchev–Trinajstić information content (AvgIpc) is 3.09. The monoisotopic (exact) mass is 308 g/mol. The highest BCUT2D eigenvalue weighted by Crippen LogP contribution is 2.25. The van der Waals surface area contributed by atoms with Gasteiger partial charge in [-0.15, -0.1) is 0 Å². The van der Waals surface area contributed by atoms with E-state index >= 15 is 0 Å². The molecule has 1 aliphatic heterocycles. The number of aromatic nitrogens is 1. The van der Waals surface area contributed by atoms with E-state index in [-0.39, 0.29) is 11.2 Å². The maximum Gasteiger partial charge on any atom is 0.190 e. The SMILES string of the molecule is O=c1cc(-c2ccccc2F)[nH]c2cc(N3CCCC3)ccc12. The number of H-pyrrole nitrogens is 1. The molecular formula is C19H17FN2O. The van der Waals surface area contributed by atoms with Gasteiger partial charge in [0.1, 0.15) is 5.82 Å². The van der Waals surface area contributed by atoms with Crippen LogP contribution in [0.5, 0.6) is 0 Å². The Kier molecular flexibility index (Phi) is 3.37. The predicted octanol–water partition coefficient (Wildman–Crippen LogP) is 3.93. The lowest BCUT2D eigenvalue weighted by Gasteiger charge is -2.18. The molecular weight excluding hydrogens is 291 g/mol. The van der Waals surface area contributed by atoms with E-state index in [9.17, 15) is 9.18 Å². The topological polar surface area (TPSA) is 36.1 Å². The van der Waals surface area contributed by atoms with Crippen molar-refractivity contribution in [1.82, 2.24) is 4.98 Å². The second kappa shape index (κ2) is 5.54. The molecule has 0 spiro atoms. The summed E-state index contributed by atoms with van der Waals surface area (Å²) in [7, 11) is 0. The Morgan fingerprint density at radius 1 is 1.00 bits per heavy atom. The molecule has 0 unspecified atom stereocenters. The molecule has 2 aromatic carbocycles. The minimum atomic E-state index is -0.335. The fourth-order valence-corrected chi connectivity index (χ4v) is 3.24. The maximum atomic E-state index is 14.0. The van der Waals surface area contributed by atoms with Gasteiger partial charge in [-0.2, -0.15) is 0 Å². The minimum absolute atomic E-state index is 0.0926. The largest absolute Gasteiger partial charge is 0.371 e. The van der Waals surface area contributed by atoms with Crippen molar-refractivity contribution in [3.05, 3.63) is 64.6 Å². The molecule has 1 fully saturated rings. The van der Waals surface area contributed by atoms with Gasteiger partial charge in [-0.25, -0.2) is 4.39 Å². The van der Waals surface area contributed by atoms with Crippen LogP contribution in [0.1, 0.15) is 12.8 Å². The number of aromatic amines is 1. The Balaban J connectivity index is 1.88. The van der Waals surface area contributed by atoms with Crippen LogP contribution < -0.4 is 10.3 Å². The van der Waals surface area contributed by atoms with Gasteiger partial charge < -0.3 is 9.88 Å². The average molecular weight is 308 g/mol.